The number of halogens is 1. The third kappa shape index (κ3) is 5.47. The maximum atomic E-state index is 13.2. The Bertz CT molecular complexity index is 1340. The molecule has 3 rings (SSSR count). The van der Waals surface area contributed by atoms with Gasteiger partial charge in [-0.2, -0.15) is 0 Å². The molecule has 0 bridgehead atoms. The van der Waals surface area contributed by atoms with E-state index in [9.17, 15) is 21.6 Å². The first kappa shape index (κ1) is 22.9. The van der Waals surface area contributed by atoms with Crippen molar-refractivity contribution in [2.45, 2.75) is 9.79 Å². The molecule has 0 aliphatic rings. The Morgan fingerprint density at radius 2 is 1.39 bits per heavy atom. The SMILES string of the molecule is NS(=O)(=O)c1ccc(N/C=C(\C(=O)c2ccc(Br)cc2)S(=O)(=O)c2ccccc2)cc1. The van der Waals surface area contributed by atoms with Crippen LogP contribution in [0.4, 0.5) is 5.69 Å². The van der Waals surface area contributed by atoms with E-state index in [0.717, 1.165) is 10.7 Å². The van der Waals surface area contributed by atoms with Gasteiger partial charge < -0.3 is 5.32 Å². The number of hydrogen-bond acceptors (Lipinski definition) is 6. The normalized spacial score (nSPS) is 12.4. The fourth-order valence-corrected chi connectivity index (χ4v) is 4.75. The van der Waals surface area contributed by atoms with Crippen molar-refractivity contribution in [2.24, 2.45) is 5.14 Å². The molecule has 0 amide bonds. The molecule has 0 heterocycles. The van der Waals surface area contributed by atoms with Gasteiger partial charge in [-0.3, -0.25) is 4.79 Å². The smallest absolute Gasteiger partial charge is 0.238 e. The fourth-order valence-electron chi connectivity index (χ4n) is 2.63. The Morgan fingerprint density at radius 1 is 0.806 bits per heavy atom. The highest BCUT2D eigenvalue weighted by atomic mass is 79.9. The van der Waals surface area contributed by atoms with Crippen molar-refractivity contribution >= 4 is 47.3 Å². The number of benzene rings is 3. The molecule has 0 aromatic heterocycles. The van der Waals surface area contributed by atoms with Gasteiger partial charge in [0.2, 0.25) is 25.6 Å². The summed E-state index contributed by atoms with van der Waals surface area (Å²) in [5.41, 5.74) is 0.567. The van der Waals surface area contributed by atoms with Crippen LogP contribution >= 0.6 is 15.9 Å². The number of carbonyl (C=O) groups excluding carboxylic acids is 1. The first-order valence-corrected chi connectivity index (χ1v) is 12.6. The number of sulfonamides is 1. The molecule has 0 aliphatic heterocycles. The maximum Gasteiger partial charge on any atom is 0.238 e. The van der Waals surface area contributed by atoms with Crippen LogP contribution in [0.5, 0.6) is 0 Å². The van der Waals surface area contributed by atoms with Crippen LogP contribution in [0, 0.1) is 0 Å². The molecular formula is C21H17BrN2O5S2. The summed E-state index contributed by atoms with van der Waals surface area (Å²) in [6.45, 7) is 0. The number of ketones is 1. The minimum Gasteiger partial charge on any atom is -0.360 e. The summed E-state index contributed by atoms with van der Waals surface area (Å²) < 4.78 is 49.9. The second kappa shape index (κ2) is 9.15. The van der Waals surface area contributed by atoms with Crippen LogP contribution in [0.1, 0.15) is 10.4 Å². The zero-order valence-corrected chi connectivity index (χ0v) is 19.1. The van der Waals surface area contributed by atoms with Crippen molar-refractivity contribution in [3.05, 3.63) is 100 Å². The van der Waals surface area contributed by atoms with Gasteiger partial charge in [-0.15, -0.1) is 0 Å². The molecule has 7 nitrogen and oxygen atoms in total. The minimum absolute atomic E-state index is 0.0296. The number of hydrogen-bond donors (Lipinski definition) is 2. The standard InChI is InChI=1S/C21H17BrN2O5S2/c22-16-8-6-15(7-9-16)21(25)20(30(26,27)18-4-2-1-3-5-18)14-24-17-10-12-19(13-11-17)31(23,28)29/h1-14,24H,(H2,23,28,29)/b20-14+. The number of rotatable bonds is 7. The number of carbonyl (C=O) groups is 1. The minimum atomic E-state index is -4.14. The van der Waals surface area contributed by atoms with Gasteiger partial charge in [0.1, 0.15) is 4.91 Å². The monoisotopic (exact) mass is 520 g/mol. The average Bonchev–Trinajstić information content (AvgIpc) is 2.74. The highest BCUT2D eigenvalue weighted by Gasteiger charge is 2.28. The van der Waals surface area contributed by atoms with E-state index in [4.69, 9.17) is 5.14 Å². The molecule has 3 aromatic rings. The first-order chi connectivity index (χ1) is 14.6. The highest BCUT2D eigenvalue weighted by molar-refractivity contribution is 9.10. The average molecular weight is 521 g/mol. The number of sulfone groups is 1. The molecule has 160 valence electrons. The third-order valence-electron chi connectivity index (χ3n) is 4.23. The lowest BCUT2D eigenvalue weighted by Gasteiger charge is -2.10. The Morgan fingerprint density at radius 3 is 1.94 bits per heavy atom. The van der Waals surface area contributed by atoms with Crippen LogP contribution in [0.15, 0.2) is 104 Å². The van der Waals surface area contributed by atoms with Crippen molar-refractivity contribution < 1.29 is 21.6 Å². The number of nitrogens with one attached hydrogen (secondary N) is 1. The van der Waals surface area contributed by atoms with Gasteiger partial charge in [0, 0.05) is 21.9 Å². The van der Waals surface area contributed by atoms with Gasteiger partial charge in [-0.05, 0) is 60.7 Å². The molecular weight excluding hydrogens is 504 g/mol. The van der Waals surface area contributed by atoms with Gasteiger partial charge in [0.25, 0.3) is 0 Å². The summed E-state index contributed by atoms with van der Waals surface area (Å²) in [6.07, 6.45) is 1.10. The molecule has 3 N–H and O–H groups in total. The molecule has 0 atom stereocenters. The largest absolute Gasteiger partial charge is 0.360 e. The Hall–Kier alpha value is -2.79. The molecule has 0 saturated carbocycles. The van der Waals surface area contributed by atoms with Gasteiger partial charge in [-0.1, -0.05) is 34.1 Å². The number of Topliss-reactive ketones (excluding diaryl/α,β-unsaturated/α-hetero) is 1. The third-order valence-corrected chi connectivity index (χ3v) is 7.46. The van der Waals surface area contributed by atoms with Crippen LogP contribution in [-0.2, 0) is 19.9 Å². The van der Waals surface area contributed by atoms with E-state index in [0.29, 0.717) is 5.69 Å². The summed E-state index contributed by atoms with van der Waals surface area (Å²) in [6, 6.07) is 19.3. The van der Waals surface area contributed by atoms with Crippen molar-refractivity contribution in [3.8, 4) is 0 Å². The second-order valence-corrected chi connectivity index (χ2v) is 10.8. The van der Waals surface area contributed by atoms with Gasteiger partial charge >= 0.3 is 0 Å². The van der Waals surface area contributed by atoms with E-state index >= 15 is 0 Å². The van der Waals surface area contributed by atoms with Crippen LogP contribution < -0.4 is 10.5 Å². The van der Waals surface area contributed by atoms with E-state index in [1.54, 1.807) is 30.3 Å². The quantitative estimate of drug-likeness (QED) is 0.361. The maximum absolute atomic E-state index is 13.2. The molecule has 31 heavy (non-hydrogen) atoms. The molecule has 0 aliphatic carbocycles. The topological polar surface area (TPSA) is 123 Å². The second-order valence-electron chi connectivity index (χ2n) is 6.37. The van der Waals surface area contributed by atoms with E-state index in [1.165, 1.54) is 48.5 Å². The van der Waals surface area contributed by atoms with E-state index in [-0.39, 0.29) is 15.4 Å². The van der Waals surface area contributed by atoms with Crippen LogP contribution in [0.3, 0.4) is 0 Å². The zero-order chi connectivity index (χ0) is 22.6. The van der Waals surface area contributed by atoms with E-state index in [1.807, 2.05) is 0 Å². The molecule has 0 unspecified atom stereocenters. The van der Waals surface area contributed by atoms with Crippen LogP contribution in [0.25, 0.3) is 0 Å². The summed E-state index contributed by atoms with van der Waals surface area (Å²) >= 11 is 3.28. The predicted octanol–water partition coefficient (Wildman–Crippen LogP) is 3.71. The van der Waals surface area contributed by atoms with Crippen molar-refractivity contribution in [2.75, 3.05) is 5.32 Å². The first-order valence-electron chi connectivity index (χ1n) is 8.79. The number of nitrogens with two attached hydrogens (primary N) is 1. The number of allylic oxidation sites excluding steroid dienone is 1. The summed E-state index contributed by atoms with van der Waals surface area (Å²) in [5.74, 6) is -0.690. The Labute approximate surface area is 188 Å². The lowest BCUT2D eigenvalue weighted by Crippen LogP contribution is -2.16. The molecule has 0 radical (unpaired) electrons. The molecule has 0 fully saturated rings. The fraction of sp³-hybridized carbons (Fsp3) is 0. The van der Waals surface area contributed by atoms with Gasteiger partial charge in [-0.25, -0.2) is 22.0 Å². The van der Waals surface area contributed by atoms with Crippen molar-refractivity contribution in [1.82, 2.24) is 0 Å². The Kier molecular flexibility index (Phi) is 6.75. The highest BCUT2D eigenvalue weighted by Crippen LogP contribution is 2.24. The number of anilines is 1. The van der Waals surface area contributed by atoms with Gasteiger partial charge in [0.05, 0.1) is 9.79 Å². The van der Waals surface area contributed by atoms with Gasteiger partial charge in [0.15, 0.2) is 0 Å². The molecule has 10 heteroatoms. The summed E-state index contributed by atoms with van der Waals surface area (Å²) in [4.78, 5) is 12.5. The summed E-state index contributed by atoms with van der Waals surface area (Å²) in [7, 11) is -8.00. The van der Waals surface area contributed by atoms with Crippen LogP contribution in [-0.4, -0.2) is 22.6 Å². The molecule has 0 spiro atoms. The zero-order valence-electron chi connectivity index (χ0n) is 15.9. The molecule has 3 aromatic carbocycles. The van der Waals surface area contributed by atoms with Crippen LogP contribution in [0.2, 0.25) is 0 Å². The number of primary sulfonamides is 1. The van der Waals surface area contributed by atoms with Crippen molar-refractivity contribution in [3.63, 3.8) is 0 Å². The predicted molar refractivity (Wildman–Crippen MR) is 122 cm³/mol. The lowest BCUT2D eigenvalue weighted by atomic mass is 10.1. The molecule has 0 saturated heterocycles. The van der Waals surface area contributed by atoms with E-state index < -0.39 is 30.5 Å². The van der Waals surface area contributed by atoms with E-state index in [2.05, 4.69) is 21.2 Å². The van der Waals surface area contributed by atoms with Crippen molar-refractivity contribution in [1.29, 1.82) is 0 Å². The lowest BCUT2D eigenvalue weighted by molar-refractivity contribution is 0.104. The summed E-state index contributed by atoms with van der Waals surface area (Å²) in [5, 5.41) is 7.83. The Balaban J connectivity index is 2.03.